The van der Waals surface area contributed by atoms with Gasteiger partial charge in [0.25, 0.3) is 0 Å². The van der Waals surface area contributed by atoms with Gasteiger partial charge in [0.15, 0.2) is 0 Å². The number of hydrogen-bond acceptors (Lipinski definition) is 5. The summed E-state index contributed by atoms with van der Waals surface area (Å²) >= 11 is 0. The zero-order chi connectivity index (χ0) is 13.5. The van der Waals surface area contributed by atoms with Crippen LogP contribution in [0.3, 0.4) is 0 Å². The second-order valence-corrected chi connectivity index (χ2v) is 4.16. The van der Waals surface area contributed by atoms with E-state index in [0.29, 0.717) is 18.7 Å². The summed E-state index contributed by atoms with van der Waals surface area (Å²) in [6, 6.07) is 7.65. The van der Waals surface area contributed by atoms with E-state index in [9.17, 15) is 5.11 Å². The summed E-state index contributed by atoms with van der Waals surface area (Å²) in [5.74, 6) is 0. The van der Waals surface area contributed by atoms with E-state index >= 15 is 0 Å². The summed E-state index contributed by atoms with van der Waals surface area (Å²) in [5.41, 5.74) is 7.80. The molecule has 0 aliphatic rings. The predicted octanol–water partition coefficient (Wildman–Crippen LogP) is 0.460. The minimum atomic E-state index is -0.583. The van der Waals surface area contributed by atoms with Crippen molar-refractivity contribution in [1.82, 2.24) is 0 Å². The molecule has 3 N–H and O–H groups in total. The number of nitriles is 1. The van der Waals surface area contributed by atoms with E-state index < -0.39 is 6.10 Å². The first-order chi connectivity index (χ1) is 8.62. The monoisotopic (exact) mass is 249 g/mol. The summed E-state index contributed by atoms with van der Waals surface area (Å²) in [6.45, 7) is 1.09. The first-order valence-electron chi connectivity index (χ1n) is 5.73. The quantitative estimate of drug-likeness (QED) is 0.765. The van der Waals surface area contributed by atoms with Crippen LogP contribution in [0.1, 0.15) is 11.1 Å². The number of methoxy groups -OCH3 is 1. The number of nitrogens with two attached hydrogens (primary N) is 1. The molecule has 0 aliphatic carbocycles. The van der Waals surface area contributed by atoms with Gasteiger partial charge in [0.1, 0.15) is 6.07 Å². The molecule has 0 heterocycles. The molecule has 18 heavy (non-hydrogen) atoms. The van der Waals surface area contributed by atoms with E-state index in [2.05, 4.69) is 6.07 Å². The Kier molecular flexibility index (Phi) is 5.59. The third kappa shape index (κ3) is 3.70. The molecule has 1 aromatic rings. The number of likely N-dealkylation sites (N-methyl/N-ethyl adjacent to an activating group) is 1. The number of nitrogens with zero attached hydrogens (tertiary/aromatic N) is 2. The molecule has 98 valence electrons. The van der Waals surface area contributed by atoms with Gasteiger partial charge >= 0.3 is 0 Å². The molecule has 5 heteroatoms. The highest BCUT2D eigenvalue weighted by atomic mass is 16.5. The molecule has 0 aliphatic heterocycles. The summed E-state index contributed by atoms with van der Waals surface area (Å²) in [7, 11) is 3.37. The lowest BCUT2D eigenvalue weighted by atomic mass is 10.1. The van der Waals surface area contributed by atoms with Gasteiger partial charge < -0.3 is 20.5 Å². The molecule has 0 bridgehead atoms. The van der Waals surface area contributed by atoms with E-state index in [1.807, 2.05) is 24.1 Å². The van der Waals surface area contributed by atoms with Crippen molar-refractivity contribution in [3.05, 3.63) is 29.3 Å². The average molecular weight is 249 g/mol. The van der Waals surface area contributed by atoms with Crippen molar-refractivity contribution >= 4 is 5.69 Å². The van der Waals surface area contributed by atoms with Crippen molar-refractivity contribution in [3.8, 4) is 6.07 Å². The Bertz CT molecular complexity index is 429. The van der Waals surface area contributed by atoms with Crippen molar-refractivity contribution in [1.29, 1.82) is 5.26 Å². The summed E-state index contributed by atoms with van der Waals surface area (Å²) < 4.78 is 4.88. The Morgan fingerprint density at radius 3 is 2.83 bits per heavy atom. The van der Waals surface area contributed by atoms with Gasteiger partial charge in [0.05, 0.1) is 24.0 Å². The Hall–Kier alpha value is -1.61. The number of ether oxygens (including phenoxy) is 1. The van der Waals surface area contributed by atoms with Crippen LogP contribution < -0.4 is 10.6 Å². The molecule has 0 aromatic heterocycles. The van der Waals surface area contributed by atoms with Gasteiger partial charge in [-0.3, -0.25) is 0 Å². The van der Waals surface area contributed by atoms with Crippen LogP contribution in [-0.2, 0) is 11.3 Å². The third-order valence-electron chi connectivity index (χ3n) is 2.67. The van der Waals surface area contributed by atoms with Gasteiger partial charge in [0, 0.05) is 27.2 Å². The fraction of sp³-hybridized carbons (Fsp3) is 0.462. The lowest BCUT2D eigenvalue weighted by Crippen LogP contribution is -2.32. The molecule has 1 atom stereocenters. The first-order valence-corrected chi connectivity index (χ1v) is 5.73. The lowest BCUT2D eigenvalue weighted by Gasteiger charge is -2.23. The fourth-order valence-electron chi connectivity index (χ4n) is 1.79. The molecule has 0 amide bonds. The molecule has 1 aromatic carbocycles. The van der Waals surface area contributed by atoms with Crippen molar-refractivity contribution in [2.24, 2.45) is 5.73 Å². The molecule has 0 fully saturated rings. The number of benzene rings is 1. The van der Waals surface area contributed by atoms with Crippen molar-refractivity contribution in [2.75, 3.05) is 32.2 Å². The van der Waals surface area contributed by atoms with Crippen LogP contribution in [0.5, 0.6) is 0 Å². The van der Waals surface area contributed by atoms with Gasteiger partial charge in [-0.25, -0.2) is 0 Å². The second kappa shape index (κ2) is 6.97. The minimum absolute atomic E-state index is 0.271. The Labute approximate surface area is 107 Å². The highest BCUT2D eigenvalue weighted by molar-refractivity contribution is 5.60. The Balaban J connectivity index is 2.85. The standard InChI is InChI=1S/C13H19N3O2/c1-16(8-12(17)9-18-2)13-4-3-10(6-14)5-11(13)7-15/h3-5,12,17H,6,8-9,14H2,1-2H3. The van der Waals surface area contributed by atoms with E-state index in [-0.39, 0.29) is 6.61 Å². The fourth-order valence-corrected chi connectivity index (χ4v) is 1.79. The predicted molar refractivity (Wildman–Crippen MR) is 70.2 cm³/mol. The summed E-state index contributed by atoms with van der Waals surface area (Å²) in [4.78, 5) is 1.84. The molecule has 0 radical (unpaired) electrons. The maximum absolute atomic E-state index is 9.68. The maximum Gasteiger partial charge on any atom is 0.101 e. The van der Waals surface area contributed by atoms with Crippen LogP contribution >= 0.6 is 0 Å². The van der Waals surface area contributed by atoms with Crippen LogP contribution in [0.15, 0.2) is 18.2 Å². The van der Waals surface area contributed by atoms with Gasteiger partial charge in [-0.15, -0.1) is 0 Å². The highest BCUT2D eigenvalue weighted by Gasteiger charge is 2.12. The van der Waals surface area contributed by atoms with Crippen molar-refractivity contribution in [2.45, 2.75) is 12.6 Å². The second-order valence-electron chi connectivity index (χ2n) is 4.16. The van der Waals surface area contributed by atoms with Gasteiger partial charge in [-0.2, -0.15) is 5.26 Å². The SMILES string of the molecule is COCC(O)CN(C)c1ccc(CN)cc1C#N. The van der Waals surface area contributed by atoms with Crippen LogP contribution in [0, 0.1) is 11.3 Å². The smallest absolute Gasteiger partial charge is 0.101 e. The topological polar surface area (TPSA) is 82.5 Å². The molecule has 0 spiro atoms. The largest absolute Gasteiger partial charge is 0.389 e. The normalized spacial score (nSPS) is 11.9. The van der Waals surface area contributed by atoms with Crippen LogP contribution in [0.25, 0.3) is 0 Å². The van der Waals surface area contributed by atoms with Crippen LogP contribution in [0.4, 0.5) is 5.69 Å². The highest BCUT2D eigenvalue weighted by Crippen LogP contribution is 2.20. The van der Waals surface area contributed by atoms with Crippen LogP contribution in [0.2, 0.25) is 0 Å². The molecular formula is C13H19N3O2. The third-order valence-corrected chi connectivity index (χ3v) is 2.67. The molecule has 0 saturated heterocycles. The Morgan fingerprint density at radius 1 is 1.56 bits per heavy atom. The molecule has 5 nitrogen and oxygen atoms in total. The van der Waals surface area contributed by atoms with Crippen molar-refractivity contribution < 1.29 is 9.84 Å². The van der Waals surface area contributed by atoms with Crippen LogP contribution in [-0.4, -0.2) is 38.5 Å². The van der Waals surface area contributed by atoms with Crippen molar-refractivity contribution in [3.63, 3.8) is 0 Å². The lowest BCUT2D eigenvalue weighted by molar-refractivity contribution is 0.0695. The minimum Gasteiger partial charge on any atom is -0.389 e. The van der Waals surface area contributed by atoms with E-state index in [1.54, 1.807) is 13.2 Å². The number of aliphatic hydroxyl groups is 1. The van der Waals surface area contributed by atoms with E-state index in [0.717, 1.165) is 11.3 Å². The zero-order valence-corrected chi connectivity index (χ0v) is 10.8. The number of aliphatic hydroxyl groups excluding tert-OH is 1. The summed E-state index contributed by atoms with van der Waals surface area (Å²) in [6.07, 6.45) is -0.583. The average Bonchev–Trinajstić information content (AvgIpc) is 2.38. The number of rotatable bonds is 6. The van der Waals surface area contributed by atoms with Gasteiger partial charge in [-0.05, 0) is 17.7 Å². The van der Waals surface area contributed by atoms with Gasteiger partial charge in [0.2, 0.25) is 0 Å². The zero-order valence-electron chi connectivity index (χ0n) is 10.8. The van der Waals surface area contributed by atoms with Gasteiger partial charge in [-0.1, -0.05) is 6.07 Å². The molecule has 1 unspecified atom stereocenters. The first kappa shape index (κ1) is 14.5. The maximum atomic E-state index is 9.68. The molecule has 1 rings (SSSR count). The Morgan fingerprint density at radius 2 is 2.28 bits per heavy atom. The number of hydrogen-bond donors (Lipinski definition) is 2. The van der Waals surface area contributed by atoms with E-state index in [4.69, 9.17) is 15.7 Å². The molecule has 0 saturated carbocycles. The number of anilines is 1. The summed E-state index contributed by atoms with van der Waals surface area (Å²) in [5, 5.41) is 18.8. The van der Waals surface area contributed by atoms with E-state index in [1.165, 1.54) is 0 Å². The molecular weight excluding hydrogens is 230 g/mol.